The Morgan fingerprint density at radius 2 is 1.94 bits per heavy atom. The zero-order chi connectivity index (χ0) is 12.8. The van der Waals surface area contributed by atoms with Crippen molar-refractivity contribution in [1.29, 1.82) is 0 Å². The van der Waals surface area contributed by atoms with Crippen LogP contribution in [0.25, 0.3) is 6.08 Å². The maximum Gasteiger partial charge on any atom is 0.204 e. The van der Waals surface area contributed by atoms with E-state index in [-0.39, 0.29) is 0 Å². The number of sulfone groups is 1. The van der Waals surface area contributed by atoms with Crippen LogP contribution in [0.15, 0.2) is 28.0 Å². The summed E-state index contributed by atoms with van der Waals surface area (Å²) >= 11 is 5.90. The van der Waals surface area contributed by atoms with Crippen molar-refractivity contribution in [2.24, 2.45) is 0 Å². The van der Waals surface area contributed by atoms with Gasteiger partial charge in [-0.25, -0.2) is 8.42 Å². The van der Waals surface area contributed by atoms with Crippen molar-refractivity contribution >= 4 is 27.5 Å². The third kappa shape index (κ3) is 1.98. The molecule has 0 saturated carbocycles. The summed E-state index contributed by atoms with van der Waals surface area (Å²) in [5.41, 5.74) is 0.719. The van der Waals surface area contributed by atoms with Crippen LogP contribution in [0.3, 0.4) is 0 Å². The maximum atomic E-state index is 12.3. The summed E-state index contributed by atoms with van der Waals surface area (Å²) in [5, 5.41) is 0.572. The van der Waals surface area contributed by atoms with E-state index in [2.05, 4.69) is 4.90 Å². The average molecular weight is 284 g/mol. The second-order valence-electron chi connectivity index (χ2n) is 4.78. The summed E-state index contributed by atoms with van der Waals surface area (Å²) in [4.78, 5) is 3.08. The second kappa shape index (κ2) is 4.37. The number of likely N-dealkylation sites (tertiary alicyclic amines) is 1. The predicted octanol–water partition coefficient (Wildman–Crippen LogP) is 2.56. The van der Waals surface area contributed by atoms with Crippen LogP contribution >= 0.6 is 11.6 Å². The van der Waals surface area contributed by atoms with Gasteiger partial charge in [-0.05, 0) is 55.8 Å². The van der Waals surface area contributed by atoms with E-state index < -0.39 is 9.84 Å². The predicted molar refractivity (Wildman–Crippen MR) is 72.3 cm³/mol. The molecule has 3 nitrogen and oxygen atoms in total. The Balaban J connectivity index is 1.95. The molecule has 0 spiro atoms. The Hall–Kier alpha value is -0.840. The van der Waals surface area contributed by atoms with Crippen LogP contribution in [0.4, 0.5) is 0 Å². The van der Waals surface area contributed by atoms with E-state index >= 15 is 0 Å². The molecule has 0 bridgehead atoms. The Bertz CT molecular complexity index is 616. The molecule has 1 aromatic carbocycles. The molecule has 2 heterocycles. The summed E-state index contributed by atoms with van der Waals surface area (Å²) in [6.07, 6.45) is 4.08. The lowest BCUT2D eigenvalue weighted by Crippen LogP contribution is -2.23. The van der Waals surface area contributed by atoms with Crippen molar-refractivity contribution in [2.75, 3.05) is 19.6 Å². The molecular formula is C13H14ClNO2S. The molecule has 0 aromatic heterocycles. The van der Waals surface area contributed by atoms with Crippen molar-refractivity contribution in [2.45, 2.75) is 17.7 Å². The zero-order valence-corrected chi connectivity index (χ0v) is 11.5. The molecule has 2 aliphatic rings. The van der Waals surface area contributed by atoms with Gasteiger partial charge in [-0.2, -0.15) is 0 Å². The van der Waals surface area contributed by atoms with Gasteiger partial charge < -0.3 is 0 Å². The van der Waals surface area contributed by atoms with E-state index in [0.29, 0.717) is 21.4 Å². The molecule has 1 aromatic rings. The summed E-state index contributed by atoms with van der Waals surface area (Å²) in [5.74, 6) is 0. The fourth-order valence-corrected chi connectivity index (χ4v) is 4.33. The molecule has 0 radical (unpaired) electrons. The molecule has 0 unspecified atom stereocenters. The molecule has 0 aliphatic carbocycles. The average Bonchev–Trinajstić information content (AvgIpc) is 2.87. The molecule has 0 atom stereocenters. The fraction of sp³-hybridized carbons (Fsp3) is 0.385. The zero-order valence-electron chi connectivity index (χ0n) is 9.89. The summed E-state index contributed by atoms with van der Waals surface area (Å²) in [6, 6.07) is 4.94. The van der Waals surface area contributed by atoms with E-state index in [4.69, 9.17) is 11.6 Å². The molecule has 1 saturated heterocycles. The largest absolute Gasteiger partial charge is 0.298 e. The number of nitrogens with zero attached hydrogens (tertiary/aromatic N) is 1. The topological polar surface area (TPSA) is 37.4 Å². The highest BCUT2D eigenvalue weighted by atomic mass is 35.5. The Kier molecular flexibility index (Phi) is 2.96. The van der Waals surface area contributed by atoms with Crippen molar-refractivity contribution in [3.8, 4) is 0 Å². The molecule has 5 heteroatoms. The van der Waals surface area contributed by atoms with E-state index in [1.807, 2.05) is 0 Å². The van der Waals surface area contributed by atoms with E-state index in [1.165, 1.54) is 0 Å². The van der Waals surface area contributed by atoms with Crippen molar-refractivity contribution < 1.29 is 8.42 Å². The van der Waals surface area contributed by atoms with E-state index in [0.717, 1.165) is 31.5 Å². The third-order valence-electron chi connectivity index (χ3n) is 3.50. The first-order valence-corrected chi connectivity index (χ1v) is 7.91. The highest BCUT2D eigenvalue weighted by molar-refractivity contribution is 7.95. The normalized spacial score (nSPS) is 21.9. The van der Waals surface area contributed by atoms with Crippen LogP contribution in [0, 0.1) is 0 Å². The van der Waals surface area contributed by atoms with Crippen LogP contribution in [-0.2, 0) is 9.84 Å². The number of rotatable bonds is 2. The van der Waals surface area contributed by atoms with Crippen LogP contribution in [0.2, 0.25) is 5.02 Å². The Labute approximate surface area is 112 Å². The molecule has 0 amide bonds. The Morgan fingerprint density at radius 3 is 2.67 bits per heavy atom. The second-order valence-corrected chi connectivity index (χ2v) is 7.19. The van der Waals surface area contributed by atoms with E-state index in [1.54, 1.807) is 24.3 Å². The molecule has 96 valence electrons. The van der Waals surface area contributed by atoms with Gasteiger partial charge >= 0.3 is 0 Å². The highest BCUT2D eigenvalue weighted by Crippen LogP contribution is 2.35. The number of fused-ring (bicyclic) bond motifs is 1. The van der Waals surface area contributed by atoms with Gasteiger partial charge in [0.25, 0.3) is 0 Å². The number of halogens is 1. The van der Waals surface area contributed by atoms with Crippen LogP contribution in [0.5, 0.6) is 0 Å². The van der Waals surface area contributed by atoms with Gasteiger partial charge in [-0.15, -0.1) is 0 Å². The lowest BCUT2D eigenvalue weighted by Gasteiger charge is -2.14. The first-order valence-electron chi connectivity index (χ1n) is 6.05. The summed E-state index contributed by atoms with van der Waals surface area (Å²) < 4.78 is 24.7. The molecular weight excluding hydrogens is 270 g/mol. The molecule has 0 N–H and O–H groups in total. The van der Waals surface area contributed by atoms with Crippen LogP contribution in [-0.4, -0.2) is 33.0 Å². The number of hydrogen-bond donors (Lipinski definition) is 0. The lowest BCUT2D eigenvalue weighted by molar-refractivity contribution is 0.374. The van der Waals surface area contributed by atoms with Gasteiger partial charge in [0.05, 0.1) is 9.80 Å². The minimum atomic E-state index is -3.29. The van der Waals surface area contributed by atoms with Crippen LogP contribution in [0.1, 0.15) is 18.4 Å². The van der Waals surface area contributed by atoms with Gasteiger partial charge in [0.2, 0.25) is 9.84 Å². The summed E-state index contributed by atoms with van der Waals surface area (Å²) in [6.45, 7) is 2.50. The van der Waals surface area contributed by atoms with Crippen molar-refractivity contribution in [1.82, 2.24) is 4.90 Å². The Morgan fingerprint density at radius 1 is 1.22 bits per heavy atom. The van der Waals surface area contributed by atoms with Gasteiger partial charge in [-0.1, -0.05) is 11.6 Å². The standard InChI is InChI=1S/C13H14ClNO2S/c14-11-3-4-13-10(7-11)8-12(18(13,16)17)9-15-5-1-2-6-15/h3-4,7-8H,1-2,5-6,9H2. The molecule has 3 rings (SSSR count). The quantitative estimate of drug-likeness (QED) is 0.837. The minimum absolute atomic E-state index is 0.390. The van der Waals surface area contributed by atoms with Gasteiger partial charge in [0, 0.05) is 11.6 Å². The van der Waals surface area contributed by atoms with Gasteiger partial charge in [0.15, 0.2) is 0 Å². The monoisotopic (exact) mass is 283 g/mol. The van der Waals surface area contributed by atoms with Crippen LogP contribution < -0.4 is 0 Å². The molecule has 1 fully saturated rings. The fourth-order valence-electron chi connectivity index (χ4n) is 2.56. The van der Waals surface area contributed by atoms with Gasteiger partial charge in [0.1, 0.15) is 0 Å². The third-order valence-corrected chi connectivity index (χ3v) is 5.62. The first-order chi connectivity index (χ1) is 8.57. The first kappa shape index (κ1) is 12.2. The van der Waals surface area contributed by atoms with Gasteiger partial charge in [-0.3, -0.25) is 4.90 Å². The summed E-state index contributed by atoms with van der Waals surface area (Å²) in [7, 11) is -3.29. The lowest BCUT2D eigenvalue weighted by atomic mass is 10.2. The van der Waals surface area contributed by atoms with E-state index in [9.17, 15) is 8.42 Å². The molecule has 18 heavy (non-hydrogen) atoms. The highest BCUT2D eigenvalue weighted by Gasteiger charge is 2.31. The smallest absolute Gasteiger partial charge is 0.204 e. The minimum Gasteiger partial charge on any atom is -0.298 e. The van der Waals surface area contributed by atoms with Crippen molar-refractivity contribution in [3.05, 3.63) is 33.7 Å². The molecule has 2 aliphatic heterocycles. The van der Waals surface area contributed by atoms with Crippen molar-refractivity contribution in [3.63, 3.8) is 0 Å². The maximum absolute atomic E-state index is 12.3. The number of hydrogen-bond acceptors (Lipinski definition) is 3. The number of benzene rings is 1. The SMILES string of the molecule is O=S1(=O)C(CN2CCCC2)=Cc2cc(Cl)ccc21.